The van der Waals surface area contributed by atoms with E-state index in [1.165, 1.54) is 0 Å². The van der Waals surface area contributed by atoms with E-state index in [4.69, 9.17) is 0 Å². The van der Waals surface area contributed by atoms with Crippen molar-refractivity contribution in [2.75, 3.05) is 13.6 Å². The zero-order valence-corrected chi connectivity index (χ0v) is 9.82. The molecule has 3 nitrogen and oxygen atoms in total. The summed E-state index contributed by atoms with van der Waals surface area (Å²) in [6.45, 7) is 6.79. The number of nitrogens with zero attached hydrogens (tertiary/aromatic N) is 2. The maximum absolute atomic E-state index is 11.8. The van der Waals surface area contributed by atoms with E-state index in [-0.39, 0.29) is 5.91 Å². The Hall–Kier alpha value is -1.38. The molecule has 3 heteroatoms. The predicted molar refractivity (Wildman–Crippen MR) is 61.0 cm³/mol. The third kappa shape index (κ3) is 2.78. The lowest BCUT2D eigenvalue weighted by Crippen LogP contribution is -2.27. The van der Waals surface area contributed by atoms with Crippen molar-refractivity contribution in [3.63, 3.8) is 0 Å². The molecule has 1 rings (SSSR count). The monoisotopic (exact) mass is 206 g/mol. The van der Waals surface area contributed by atoms with Gasteiger partial charge in [-0.2, -0.15) is 0 Å². The van der Waals surface area contributed by atoms with Crippen molar-refractivity contribution < 1.29 is 4.79 Å². The van der Waals surface area contributed by atoms with Gasteiger partial charge in [-0.15, -0.1) is 0 Å². The van der Waals surface area contributed by atoms with Crippen LogP contribution in [0.25, 0.3) is 0 Å². The van der Waals surface area contributed by atoms with Crippen LogP contribution in [0, 0.1) is 0 Å². The molecule has 0 spiro atoms. The Bertz CT molecular complexity index is 347. The number of hydrogen-bond acceptors (Lipinski definition) is 2. The Morgan fingerprint density at radius 3 is 2.67 bits per heavy atom. The number of pyridine rings is 1. The molecule has 15 heavy (non-hydrogen) atoms. The Labute approximate surface area is 91.1 Å². The zero-order chi connectivity index (χ0) is 11.4. The Balaban J connectivity index is 2.95. The Morgan fingerprint density at radius 2 is 2.13 bits per heavy atom. The highest BCUT2D eigenvalue weighted by Gasteiger charge is 2.12. The summed E-state index contributed by atoms with van der Waals surface area (Å²) in [4.78, 5) is 17.8. The van der Waals surface area contributed by atoms with Crippen molar-refractivity contribution >= 4 is 5.91 Å². The summed E-state index contributed by atoms with van der Waals surface area (Å²) in [6, 6.07) is 5.60. The molecule has 0 radical (unpaired) electrons. The molecule has 0 bridgehead atoms. The summed E-state index contributed by atoms with van der Waals surface area (Å²) in [5, 5.41) is 0. The van der Waals surface area contributed by atoms with Crippen molar-refractivity contribution in [3.05, 3.63) is 29.6 Å². The fraction of sp³-hybridized carbons (Fsp3) is 0.500. The molecule has 0 unspecified atom stereocenters. The normalized spacial score (nSPS) is 10.5. The average Bonchev–Trinajstić information content (AvgIpc) is 2.27. The summed E-state index contributed by atoms with van der Waals surface area (Å²) >= 11 is 0. The number of carbonyl (C=O) groups is 1. The summed E-state index contributed by atoms with van der Waals surface area (Å²) < 4.78 is 0. The molecule has 1 aromatic heterocycles. The predicted octanol–water partition coefficient (Wildman–Crippen LogP) is 2.30. The van der Waals surface area contributed by atoms with Gasteiger partial charge in [-0.05, 0) is 25.0 Å². The molecule has 0 aliphatic heterocycles. The quantitative estimate of drug-likeness (QED) is 0.760. The molecule has 0 N–H and O–H groups in total. The van der Waals surface area contributed by atoms with E-state index in [1.54, 1.807) is 18.0 Å². The van der Waals surface area contributed by atoms with Crippen LogP contribution in [0.15, 0.2) is 18.2 Å². The van der Waals surface area contributed by atoms with Crippen molar-refractivity contribution in [2.24, 2.45) is 0 Å². The molecule has 0 aliphatic carbocycles. The molecule has 0 saturated carbocycles. The third-order valence-corrected chi connectivity index (χ3v) is 2.40. The molecule has 0 aromatic carbocycles. The van der Waals surface area contributed by atoms with Crippen LogP contribution in [0.2, 0.25) is 0 Å². The maximum atomic E-state index is 11.8. The zero-order valence-electron chi connectivity index (χ0n) is 9.82. The topological polar surface area (TPSA) is 33.2 Å². The van der Waals surface area contributed by atoms with Gasteiger partial charge in [-0.3, -0.25) is 4.79 Å². The van der Waals surface area contributed by atoms with E-state index in [2.05, 4.69) is 18.8 Å². The number of rotatable bonds is 3. The number of carbonyl (C=O) groups excluding carboxylic acids is 1. The lowest BCUT2D eigenvalue weighted by atomic mass is 10.1. The maximum Gasteiger partial charge on any atom is 0.272 e. The Kier molecular flexibility index (Phi) is 3.83. The minimum absolute atomic E-state index is 0.0139. The molecule has 1 amide bonds. The van der Waals surface area contributed by atoms with E-state index in [0.29, 0.717) is 18.2 Å². The lowest BCUT2D eigenvalue weighted by molar-refractivity contribution is 0.0796. The molecule has 1 aromatic rings. The third-order valence-electron chi connectivity index (χ3n) is 2.40. The fourth-order valence-electron chi connectivity index (χ4n) is 1.23. The molecular weight excluding hydrogens is 188 g/mol. The van der Waals surface area contributed by atoms with Gasteiger partial charge in [0.1, 0.15) is 5.69 Å². The van der Waals surface area contributed by atoms with Crippen LogP contribution in [0.3, 0.4) is 0 Å². The second-order valence-corrected chi connectivity index (χ2v) is 3.92. The van der Waals surface area contributed by atoms with Gasteiger partial charge in [0.05, 0.1) is 0 Å². The smallest absolute Gasteiger partial charge is 0.272 e. The minimum atomic E-state index is -0.0139. The molecule has 0 atom stereocenters. The summed E-state index contributed by atoms with van der Waals surface area (Å²) in [7, 11) is 1.78. The van der Waals surface area contributed by atoms with Gasteiger partial charge in [0.15, 0.2) is 0 Å². The van der Waals surface area contributed by atoms with Crippen molar-refractivity contribution in [3.8, 4) is 0 Å². The second-order valence-electron chi connectivity index (χ2n) is 3.92. The van der Waals surface area contributed by atoms with E-state index >= 15 is 0 Å². The molecule has 1 heterocycles. The minimum Gasteiger partial charge on any atom is -0.341 e. The highest BCUT2D eigenvalue weighted by molar-refractivity contribution is 5.92. The van der Waals surface area contributed by atoms with Gasteiger partial charge in [-0.25, -0.2) is 4.98 Å². The van der Waals surface area contributed by atoms with Crippen LogP contribution in [0.5, 0.6) is 0 Å². The van der Waals surface area contributed by atoms with Gasteiger partial charge >= 0.3 is 0 Å². The average molecular weight is 206 g/mol. The number of amides is 1. The van der Waals surface area contributed by atoms with Crippen LogP contribution < -0.4 is 0 Å². The van der Waals surface area contributed by atoms with Crippen molar-refractivity contribution in [2.45, 2.75) is 26.7 Å². The van der Waals surface area contributed by atoms with Crippen molar-refractivity contribution in [1.82, 2.24) is 9.88 Å². The van der Waals surface area contributed by atoms with Gasteiger partial charge in [0.2, 0.25) is 0 Å². The summed E-state index contributed by atoms with van der Waals surface area (Å²) in [6.07, 6.45) is 0. The lowest BCUT2D eigenvalue weighted by Gasteiger charge is -2.14. The van der Waals surface area contributed by atoms with Crippen LogP contribution in [-0.4, -0.2) is 29.4 Å². The second kappa shape index (κ2) is 4.91. The standard InChI is InChI=1S/C12H18N2O/c1-5-14(4)12(15)11-8-6-7-10(13-11)9(2)3/h6-9H,5H2,1-4H3. The summed E-state index contributed by atoms with van der Waals surface area (Å²) in [5.41, 5.74) is 1.50. The molecule has 82 valence electrons. The van der Waals surface area contributed by atoms with Crippen molar-refractivity contribution in [1.29, 1.82) is 0 Å². The number of aromatic nitrogens is 1. The molecule has 0 fully saturated rings. The van der Waals surface area contributed by atoms with E-state index in [0.717, 1.165) is 5.69 Å². The first-order valence-corrected chi connectivity index (χ1v) is 5.28. The van der Waals surface area contributed by atoms with Gasteiger partial charge < -0.3 is 4.90 Å². The van der Waals surface area contributed by atoms with E-state index < -0.39 is 0 Å². The fourth-order valence-corrected chi connectivity index (χ4v) is 1.23. The van der Waals surface area contributed by atoms with Gasteiger partial charge in [0, 0.05) is 19.3 Å². The highest BCUT2D eigenvalue weighted by atomic mass is 16.2. The number of hydrogen-bond donors (Lipinski definition) is 0. The first kappa shape index (κ1) is 11.7. The Morgan fingerprint density at radius 1 is 1.47 bits per heavy atom. The van der Waals surface area contributed by atoms with Gasteiger partial charge in [0.25, 0.3) is 5.91 Å². The molecule has 0 saturated heterocycles. The molecule has 0 aliphatic rings. The van der Waals surface area contributed by atoms with Crippen LogP contribution in [0.1, 0.15) is 42.9 Å². The first-order chi connectivity index (χ1) is 7.06. The van der Waals surface area contributed by atoms with E-state index in [1.807, 2.05) is 19.1 Å². The molecular formula is C12H18N2O. The SMILES string of the molecule is CCN(C)C(=O)c1cccc(C(C)C)n1. The van der Waals surface area contributed by atoms with Crippen LogP contribution >= 0.6 is 0 Å². The first-order valence-electron chi connectivity index (χ1n) is 5.28. The van der Waals surface area contributed by atoms with E-state index in [9.17, 15) is 4.79 Å². The van der Waals surface area contributed by atoms with Crippen LogP contribution in [0.4, 0.5) is 0 Å². The highest BCUT2D eigenvalue weighted by Crippen LogP contribution is 2.12. The largest absolute Gasteiger partial charge is 0.341 e. The van der Waals surface area contributed by atoms with Crippen LogP contribution in [-0.2, 0) is 0 Å². The summed E-state index contributed by atoms with van der Waals surface area (Å²) in [5.74, 6) is 0.338. The van der Waals surface area contributed by atoms with Gasteiger partial charge in [-0.1, -0.05) is 19.9 Å².